The van der Waals surface area contributed by atoms with E-state index in [1.807, 2.05) is 37.2 Å². The van der Waals surface area contributed by atoms with Crippen molar-refractivity contribution in [2.24, 2.45) is 0 Å². The van der Waals surface area contributed by atoms with Crippen LogP contribution in [0, 0.1) is 0 Å². The molecule has 1 aromatic carbocycles. The Labute approximate surface area is 84.6 Å². The first-order chi connectivity index (χ1) is 6.24. The van der Waals surface area contributed by atoms with Crippen molar-refractivity contribution >= 4 is 17.3 Å². The maximum atomic E-state index is 5.09. The van der Waals surface area contributed by atoms with Gasteiger partial charge in [-0.15, -0.1) is 0 Å². The minimum absolute atomic E-state index is 0.767. The van der Waals surface area contributed by atoms with Crippen LogP contribution in [0.5, 0.6) is 0 Å². The van der Waals surface area contributed by atoms with E-state index in [1.54, 1.807) is 0 Å². The summed E-state index contributed by atoms with van der Waals surface area (Å²) < 4.78 is 0. The summed E-state index contributed by atoms with van der Waals surface area (Å²) in [6.45, 7) is 0.848. The van der Waals surface area contributed by atoms with Crippen LogP contribution in [-0.2, 0) is 6.54 Å². The second-order valence-electron chi connectivity index (χ2n) is 2.90. The molecule has 0 atom stereocenters. The lowest BCUT2D eigenvalue weighted by molar-refractivity contribution is 0.495. The quantitative estimate of drug-likeness (QED) is 0.720. The Kier molecular flexibility index (Phi) is 3.71. The van der Waals surface area contributed by atoms with Crippen molar-refractivity contribution in [3.8, 4) is 0 Å². The summed E-state index contributed by atoms with van der Waals surface area (Å²) in [6, 6.07) is 10.3. The standard InChI is InChI=1S/C10H14N2S/c1-11-10(13)12(2)8-9-6-4-3-5-7-9/h3-7H,8H2,1-2H3,(H,11,13). The van der Waals surface area contributed by atoms with Gasteiger partial charge in [0.2, 0.25) is 0 Å². The van der Waals surface area contributed by atoms with Crippen LogP contribution in [0.1, 0.15) is 5.56 Å². The van der Waals surface area contributed by atoms with E-state index in [9.17, 15) is 0 Å². The highest BCUT2D eigenvalue weighted by Gasteiger charge is 2.01. The van der Waals surface area contributed by atoms with Crippen molar-refractivity contribution < 1.29 is 0 Å². The molecule has 0 heterocycles. The van der Waals surface area contributed by atoms with Gasteiger partial charge in [0.25, 0.3) is 0 Å². The molecule has 0 aliphatic rings. The molecule has 70 valence electrons. The zero-order valence-corrected chi connectivity index (χ0v) is 8.77. The highest BCUT2D eigenvalue weighted by molar-refractivity contribution is 7.80. The second-order valence-corrected chi connectivity index (χ2v) is 3.28. The topological polar surface area (TPSA) is 15.3 Å². The van der Waals surface area contributed by atoms with Gasteiger partial charge in [0.05, 0.1) is 0 Å². The molecule has 0 saturated heterocycles. The van der Waals surface area contributed by atoms with E-state index in [0.717, 1.165) is 11.7 Å². The zero-order valence-electron chi connectivity index (χ0n) is 7.95. The minimum Gasteiger partial charge on any atom is -0.366 e. The summed E-state index contributed by atoms with van der Waals surface area (Å²) >= 11 is 5.09. The predicted molar refractivity (Wildman–Crippen MR) is 59.6 cm³/mol. The molecule has 0 radical (unpaired) electrons. The second kappa shape index (κ2) is 4.82. The molecular weight excluding hydrogens is 180 g/mol. The molecule has 0 unspecified atom stereocenters. The Morgan fingerprint density at radius 2 is 2.00 bits per heavy atom. The maximum Gasteiger partial charge on any atom is 0.168 e. The molecular formula is C10H14N2S. The molecule has 0 bridgehead atoms. The summed E-state index contributed by atoms with van der Waals surface area (Å²) in [5.74, 6) is 0. The van der Waals surface area contributed by atoms with Gasteiger partial charge < -0.3 is 10.2 Å². The lowest BCUT2D eigenvalue weighted by atomic mass is 10.2. The van der Waals surface area contributed by atoms with Crippen LogP contribution in [-0.4, -0.2) is 24.1 Å². The van der Waals surface area contributed by atoms with Crippen LogP contribution in [0.15, 0.2) is 30.3 Å². The van der Waals surface area contributed by atoms with E-state index in [4.69, 9.17) is 12.2 Å². The molecule has 3 heteroatoms. The Bertz CT molecular complexity index is 272. The fourth-order valence-corrected chi connectivity index (χ4v) is 1.18. The van der Waals surface area contributed by atoms with Crippen molar-refractivity contribution in [3.05, 3.63) is 35.9 Å². The number of hydrogen-bond donors (Lipinski definition) is 1. The summed E-state index contributed by atoms with van der Waals surface area (Å²) in [5.41, 5.74) is 1.27. The van der Waals surface area contributed by atoms with E-state index in [2.05, 4.69) is 17.4 Å². The van der Waals surface area contributed by atoms with E-state index in [-0.39, 0.29) is 0 Å². The Hall–Kier alpha value is -1.09. The van der Waals surface area contributed by atoms with Crippen LogP contribution >= 0.6 is 12.2 Å². The van der Waals surface area contributed by atoms with Crippen molar-refractivity contribution in [2.75, 3.05) is 14.1 Å². The Morgan fingerprint density at radius 3 is 2.54 bits per heavy atom. The molecule has 0 amide bonds. The fourth-order valence-electron chi connectivity index (χ4n) is 1.12. The van der Waals surface area contributed by atoms with E-state index < -0.39 is 0 Å². The molecule has 0 aliphatic carbocycles. The Balaban J connectivity index is 2.55. The van der Waals surface area contributed by atoms with Crippen LogP contribution < -0.4 is 5.32 Å². The predicted octanol–water partition coefficient (Wildman–Crippen LogP) is 1.62. The lowest BCUT2D eigenvalue weighted by Crippen LogP contribution is -2.33. The van der Waals surface area contributed by atoms with Crippen molar-refractivity contribution in [2.45, 2.75) is 6.54 Å². The molecule has 2 nitrogen and oxygen atoms in total. The summed E-state index contributed by atoms with van der Waals surface area (Å²) in [5, 5.41) is 3.71. The number of benzene rings is 1. The highest BCUT2D eigenvalue weighted by atomic mass is 32.1. The third kappa shape index (κ3) is 3.03. The maximum absolute atomic E-state index is 5.09. The average Bonchev–Trinajstić information content (AvgIpc) is 2.18. The van der Waals surface area contributed by atoms with E-state index in [1.165, 1.54) is 5.56 Å². The van der Waals surface area contributed by atoms with Gasteiger partial charge in [-0.1, -0.05) is 30.3 Å². The van der Waals surface area contributed by atoms with Crippen LogP contribution in [0.4, 0.5) is 0 Å². The number of hydrogen-bond acceptors (Lipinski definition) is 1. The van der Waals surface area contributed by atoms with Gasteiger partial charge in [0.1, 0.15) is 0 Å². The lowest BCUT2D eigenvalue weighted by Gasteiger charge is -2.19. The SMILES string of the molecule is CNC(=S)N(C)Cc1ccccc1. The Morgan fingerprint density at radius 1 is 1.38 bits per heavy atom. The van der Waals surface area contributed by atoms with Crippen molar-refractivity contribution in [1.82, 2.24) is 10.2 Å². The highest BCUT2D eigenvalue weighted by Crippen LogP contribution is 2.02. The van der Waals surface area contributed by atoms with Gasteiger partial charge in [-0.05, 0) is 17.8 Å². The number of nitrogens with zero attached hydrogens (tertiary/aromatic N) is 1. The number of thiocarbonyl (C=S) groups is 1. The normalized spacial score (nSPS) is 9.38. The van der Waals surface area contributed by atoms with Gasteiger partial charge >= 0.3 is 0 Å². The largest absolute Gasteiger partial charge is 0.366 e. The van der Waals surface area contributed by atoms with Crippen molar-refractivity contribution in [3.63, 3.8) is 0 Å². The third-order valence-electron chi connectivity index (χ3n) is 1.82. The molecule has 0 spiro atoms. The molecule has 1 aromatic rings. The number of rotatable bonds is 2. The number of nitrogens with one attached hydrogen (secondary N) is 1. The van der Waals surface area contributed by atoms with Gasteiger partial charge in [-0.3, -0.25) is 0 Å². The third-order valence-corrected chi connectivity index (χ3v) is 2.34. The van der Waals surface area contributed by atoms with Gasteiger partial charge in [-0.25, -0.2) is 0 Å². The van der Waals surface area contributed by atoms with E-state index in [0.29, 0.717) is 0 Å². The smallest absolute Gasteiger partial charge is 0.168 e. The van der Waals surface area contributed by atoms with Crippen molar-refractivity contribution in [1.29, 1.82) is 0 Å². The first-order valence-electron chi connectivity index (χ1n) is 4.21. The molecule has 1 N–H and O–H groups in total. The zero-order chi connectivity index (χ0) is 9.68. The molecule has 0 fully saturated rings. The van der Waals surface area contributed by atoms with Crippen LogP contribution in [0.25, 0.3) is 0 Å². The van der Waals surface area contributed by atoms with Gasteiger partial charge in [0.15, 0.2) is 5.11 Å². The molecule has 0 aliphatic heterocycles. The first-order valence-corrected chi connectivity index (χ1v) is 4.61. The summed E-state index contributed by atoms with van der Waals surface area (Å²) in [4.78, 5) is 2.00. The molecule has 0 saturated carbocycles. The summed E-state index contributed by atoms with van der Waals surface area (Å²) in [6.07, 6.45) is 0. The van der Waals surface area contributed by atoms with Crippen LogP contribution in [0.2, 0.25) is 0 Å². The van der Waals surface area contributed by atoms with Gasteiger partial charge in [0, 0.05) is 20.6 Å². The summed E-state index contributed by atoms with van der Waals surface area (Å²) in [7, 11) is 3.82. The fraction of sp³-hybridized carbons (Fsp3) is 0.300. The minimum atomic E-state index is 0.767. The van der Waals surface area contributed by atoms with Crippen LogP contribution in [0.3, 0.4) is 0 Å². The van der Waals surface area contributed by atoms with Gasteiger partial charge in [-0.2, -0.15) is 0 Å². The molecule has 1 rings (SSSR count). The average molecular weight is 194 g/mol. The molecule has 13 heavy (non-hydrogen) atoms. The first kappa shape index (κ1) is 9.99. The van der Waals surface area contributed by atoms with E-state index >= 15 is 0 Å². The molecule has 0 aromatic heterocycles. The monoisotopic (exact) mass is 194 g/mol.